The molecular weight excluding hydrogens is 421 g/mol. The quantitative estimate of drug-likeness (QED) is 0.596. The van der Waals surface area contributed by atoms with Crippen LogP contribution >= 0.6 is 0 Å². The van der Waals surface area contributed by atoms with Gasteiger partial charge in [-0.05, 0) is 56.8 Å². The molecule has 2 saturated heterocycles. The van der Waals surface area contributed by atoms with Crippen LogP contribution < -0.4 is 10.1 Å². The monoisotopic (exact) mass is 450 g/mol. The lowest BCUT2D eigenvalue weighted by atomic mass is 9.66. The lowest BCUT2D eigenvalue weighted by molar-refractivity contribution is -0.154. The molecule has 1 aromatic carbocycles. The average molecular weight is 451 g/mol. The summed E-state index contributed by atoms with van der Waals surface area (Å²) < 4.78 is 55.3. The van der Waals surface area contributed by atoms with Crippen LogP contribution in [-0.2, 0) is 21.4 Å². The van der Waals surface area contributed by atoms with Crippen molar-refractivity contribution in [3.63, 3.8) is 0 Å². The van der Waals surface area contributed by atoms with Gasteiger partial charge < -0.3 is 19.5 Å². The zero-order valence-electron chi connectivity index (χ0n) is 18.0. The van der Waals surface area contributed by atoms with Crippen molar-refractivity contribution >= 4 is 0 Å². The molecular formula is C24H29F3N2O3. The molecule has 1 atom stereocenters. The van der Waals surface area contributed by atoms with Crippen LogP contribution in [0.5, 0.6) is 5.75 Å². The fraction of sp³-hybridized carbons (Fsp3) is 0.542. The minimum Gasteiger partial charge on any atom is -0.434 e. The van der Waals surface area contributed by atoms with Crippen molar-refractivity contribution in [1.29, 1.82) is 0 Å². The summed E-state index contributed by atoms with van der Waals surface area (Å²) in [6, 6.07) is 10.0. The number of rotatable bonds is 8. The second-order valence-electron chi connectivity index (χ2n) is 8.63. The SMILES string of the molecule is Fc1ccc([C@]2(CCNCc3ccccc3OC(F)F)CCOC3(CCOCC3)C2)nc1. The van der Waals surface area contributed by atoms with Crippen LogP contribution in [0.3, 0.4) is 0 Å². The van der Waals surface area contributed by atoms with Gasteiger partial charge in [0.05, 0.1) is 11.8 Å². The first-order chi connectivity index (χ1) is 15.5. The Morgan fingerprint density at radius 3 is 2.62 bits per heavy atom. The standard InChI is InChI=1S/C24H29F3N2O3/c25-19-5-6-21(29-16-19)23(8-14-31-24(17-23)9-12-30-13-10-24)7-11-28-15-18-3-1-2-4-20(18)32-22(26)27/h1-6,16,22,28H,7-15,17H2/t23-/m1/s1. The summed E-state index contributed by atoms with van der Waals surface area (Å²) >= 11 is 0. The summed E-state index contributed by atoms with van der Waals surface area (Å²) in [5.41, 5.74) is 1.05. The zero-order valence-corrected chi connectivity index (χ0v) is 18.0. The third-order valence-electron chi connectivity index (χ3n) is 6.61. The summed E-state index contributed by atoms with van der Waals surface area (Å²) in [7, 11) is 0. The largest absolute Gasteiger partial charge is 0.434 e. The van der Waals surface area contributed by atoms with Crippen molar-refractivity contribution in [2.24, 2.45) is 0 Å². The smallest absolute Gasteiger partial charge is 0.387 e. The highest BCUT2D eigenvalue weighted by Gasteiger charge is 2.47. The molecule has 174 valence electrons. The number of aromatic nitrogens is 1. The van der Waals surface area contributed by atoms with Crippen molar-refractivity contribution in [3.8, 4) is 5.75 Å². The molecule has 0 amide bonds. The van der Waals surface area contributed by atoms with Gasteiger partial charge in [0, 0.05) is 43.0 Å². The molecule has 1 spiro atoms. The van der Waals surface area contributed by atoms with Gasteiger partial charge in [0.15, 0.2) is 0 Å². The van der Waals surface area contributed by atoms with E-state index < -0.39 is 6.61 Å². The van der Waals surface area contributed by atoms with E-state index >= 15 is 0 Å². The lowest BCUT2D eigenvalue weighted by Gasteiger charge is -2.49. The molecule has 0 saturated carbocycles. The molecule has 0 bridgehead atoms. The number of hydrogen-bond acceptors (Lipinski definition) is 5. The first kappa shape index (κ1) is 23.0. The van der Waals surface area contributed by atoms with E-state index in [1.807, 2.05) is 0 Å². The van der Waals surface area contributed by atoms with E-state index in [1.54, 1.807) is 30.3 Å². The Labute approximate surface area is 186 Å². The molecule has 1 aromatic heterocycles. The molecule has 0 aliphatic carbocycles. The number of hydrogen-bond donors (Lipinski definition) is 1. The molecule has 5 nitrogen and oxygen atoms in total. The number of pyridine rings is 1. The van der Waals surface area contributed by atoms with E-state index in [1.165, 1.54) is 12.3 Å². The van der Waals surface area contributed by atoms with E-state index in [0.717, 1.165) is 37.8 Å². The zero-order chi connectivity index (χ0) is 22.4. The van der Waals surface area contributed by atoms with Crippen LogP contribution in [0.25, 0.3) is 0 Å². The van der Waals surface area contributed by atoms with Gasteiger partial charge in [-0.1, -0.05) is 18.2 Å². The normalized spacial score (nSPS) is 22.9. The maximum absolute atomic E-state index is 13.6. The van der Waals surface area contributed by atoms with Gasteiger partial charge >= 0.3 is 6.61 Å². The predicted octanol–water partition coefficient (Wildman–Crippen LogP) is 4.60. The van der Waals surface area contributed by atoms with Crippen LogP contribution in [0.15, 0.2) is 42.6 Å². The van der Waals surface area contributed by atoms with Crippen LogP contribution in [0.4, 0.5) is 13.2 Å². The Hall–Kier alpha value is -2.16. The first-order valence-corrected chi connectivity index (χ1v) is 11.1. The highest BCUT2D eigenvalue weighted by molar-refractivity contribution is 5.33. The molecule has 0 radical (unpaired) electrons. The Bertz CT molecular complexity index is 870. The van der Waals surface area contributed by atoms with Crippen molar-refractivity contribution in [2.75, 3.05) is 26.4 Å². The number of ether oxygens (including phenoxy) is 3. The van der Waals surface area contributed by atoms with Gasteiger partial charge in [-0.25, -0.2) is 4.39 Å². The van der Waals surface area contributed by atoms with E-state index in [-0.39, 0.29) is 22.6 Å². The molecule has 8 heteroatoms. The average Bonchev–Trinajstić information content (AvgIpc) is 2.78. The van der Waals surface area contributed by atoms with Gasteiger partial charge in [-0.3, -0.25) is 4.98 Å². The molecule has 2 aliphatic heterocycles. The molecule has 1 N–H and O–H groups in total. The molecule has 2 aromatic rings. The van der Waals surface area contributed by atoms with E-state index in [0.29, 0.717) is 38.5 Å². The van der Waals surface area contributed by atoms with E-state index in [9.17, 15) is 13.2 Å². The number of para-hydroxylation sites is 1. The minimum absolute atomic E-state index is 0.178. The van der Waals surface area contributed by atoms with Crippen LogP contribution in [0, 0.1) is 5.82 Å². The molecule has 3 heterocycles. The Morgan fingerprint density at radius 2 is 1.88 bits per heavy atom. The third kappa shape index (κ3) is 5.42. The first-order valence-electron chi connectivity index (χ1n) is 11.1. The van der Waals surface area contributed by atoms with Crippen molar-refractivity contribution in [2.45, 2.75) is 56.3 Å². The highest BCUT2D eigenvalue weighted by atomic mass is 19.3. The summed E-state index contributed by atoms with van der Waals surface area (Å²) in [5, 5.41) is 3.37. The van der Waals surface area contributed by atoms with Gasteiger partial charge in [-0.15, -0.1) is 0 Å². The number of benzene rings is 1. The Morgan fingerprint density at radius 1 is 1.06 bits per heavy atom. The van der Waals surface area contributed by atoms with E-state index in [2.05, 4.69) is 15.0 Å². The molecule has 2 fully saturated rings. The number of nitrogens with one attached hydrogen (secondary N) is 1. The van der Waals surface area contributed by atoms with Crippen molar-refractivity contribution in [3.05, 3.63) is 59.7 Å². The lowest BCUT2D eigenvalue weighted by Crippen LogP contribution is -2.51. The van der Waals surface area contributed by atoms with E-state index in [4.69, 9.17) is 9.47 Å². The maximum Gasteiger partial charge on any atom is 0.387 e. The summed E-state index contributed by atoms with van der Waals surface area (Å²) in [5.74, 6) is -0.178. The summed E-state index contributed by atoms with van der Waals surface area (Å²) in [4.78, 5) is 4.44. The molecule has 4 rings (SSSR count). The highest BCUT2D eigenvalue weighted by Crippen LogP contribution is 2.47. The van der Waals surface area contributed by atoms with Crippen LogP contribution in [0.1, 0.15) is 43.4 Å². The summed E-state index contributed by atoms with van der Waals surface area (Å²) in [6.07, 6.45) is 5.31. The number of nitrogens with zero attached hydrogens (tertiary/aromatic N) is 1. The third-order valence-corrected chi connectivity index (χ3v) is 6.61. The van der Waals surface area contributed by atoms with Gasteiger partial charge in [0.25, 0.3) is 0 Å². The van der Waals surface area contributed by atoms with Gasteiger partial charge in [0.2, 0.25) is 0 Å². The predicted molar refractivity (Wildman–Crippen MR) is 113 cm³/mol. The van der Waals surface area contributed by atoms with Gasteiger partial charge in [-0.2, -0.15) is 8.78 Å². The maximum atomic E-state index is 13.6. The topological polar surface area (TPSA) is 52.6 Å². The van der Waals surface area contributed by atoms with Crippen LogP contribution in [-0.4, -0.2) is 43.6 Å². The number of alkyl halides is 2. The molecule has 32 heavy (non-hydrogen) atoms. The second-order valence-corrected chi connectivity index (χ2v) is 8.63. The summed E-state index contributed by atoms with van der Waals surface area (Å²) in [6.45, 7) is 0.157. The molecule has 0 unspecified atom stereocenters. The van der Waals surface area contributed by atoms with Crippen molar-refractivity contribution < 1.29 is 27.4 Å². The second kappa shape index (κ2) is 10.2. The fourth-order valence-corrected chi connectivity index (χ4v) is 4.94. The molecule has 2 aliphatic rings. The fourth-order valence-electron chi connectivity index (χ4n) is 4.94. The van der Waals surface area contributed by atoms with Gasteiger partial charge in [0.1, 0.15) is 11.6 Å². The number of halogens is 3. The van der Waals surface area contributed by atoms with Crippen molar-refractivity contribution in [1.82, 2.24) is 10.3 Å². The Balaban J connectivity index is 1.46. The minimum atomic E-state index is -2.86. The Kier molecular flexibility index (Phi) is 7.33. The van der Waals surface area contributed by atoms with Crippen LogP contribution in [0.2, 0.25) is 0 Å².